The van der Waals surface area contributed by atoms with Crippen molar-refractivity contribution in [3.8, 4) is 0 Å². The van der Waals surface area contributed by atoms with Crippen molar-refractivity contribution in [2.24, 2.45) is 0 Å². The Bertz CT molecular complexity index is 188. The number of ether oxygens (including phenoxy) is 1. The summed E-state index contributed by atoms with van der Waals surface area (Å²) in [6.07, 6.45) is 18.3. The van der Waals surface area contributed by atoms with Crippen LogP contribution in [0.1, 0.15) is 84.5 Å². The van der Waals surface area contributed by atoms with Gasteiger partial charge in [0.15, 0.2) is 0 Å². The molecule has 0 saturated carbocycles. The van der Waals surface area contributed by atoms with Crippen LogP contribution in [-0.2, 0) is 4.74 Å². The van der Waals surface area contributed by atoms with E-state index in [1.807, 2.05) is 0 Å². The second-order valence-electron chi connectivity index (χ2n) is 5.52. The maximum atomic E-state index is 8.98. The smallest absolute Gasteiger partial charge is 0.113 e. The van der Waals surface area contributed by atoms with Crippen LogP contribution in [-0.4, -0.2) is 17.8 Å². The summed E-state index contributed by atoms with van der Waals surface area (Å²) in [4.78, 5) is 0. The number of hydrogen-bond acceptors (Lipinski definition) is 2. The van der Waals surface area contributed by atoms with Gasteiger partial charge in [-0.25, -0.2) is 0 Å². The molecule has 0 rings (SSSR count). The van der Waals surface area contributed by atoms with Gasteiger partial charge in [0.25, 0.3) is 0 Å². The normalized spacial score (nSPS) is 13.0. The predicted molar refractivity (Wildman–Crippen MR) is 83.2 cm³/mol. The minimum Gasteiger partial charge on any atom is -0.499 e. The Labute approximate surface area is 120 Å². The van der Waals surface area contributed by atoms with E-state index in [1.165, 1.54) is 64.2 Å². The van der Waals surface area contributed by atoms with Crippen LogP contribution in [0.2, 0.25) is 0 Å². The molecule has 1 unspecified atom stereocenters. The number of rotatable bonds is 14. The molecule has 0 fully saturated rings. The molecule has 0 bridgehead atoms. The van der Waals surface area contributed by atoms with Crippen molar-refractivity contribution in [1.82, 2.24) is 0 Å². The molecular weight excluding hydrogens is 236 g/mol. The summed E-state index contributed by atoms with van der Waals surface area (Å²) in [7, 11) is 0. The maximum Gasteiger partial charge on any atom is 0.113 e. The van der Waals surface area contributed by atoms with Gasteiger partial charge in [-0.2, -0.15) is 0 Å². The minimum absolute atomic E-state index is 0.373. The fourth-order valence-electron chi connectivity index (χ4n) is 2.08. The molecule has 2 nitrogen and oxygen atoms in total. The van der Waals surface area contributed by atoms with Gasteiger partial charge in [-0.1, -0.05) is 64.7 Å². The van der Waals surface area contributed by atoms with Crippen molar-refractivity contribution in [3.63, 3.8) is 0 Å². The van der Waals surface area contributed by atoms with Crippen molar-refractivity contribution in [2.45, 2.75) is 90.6 Å². The van der Waals surface area contributed by atoms with Gasteiger partial charge in [0.05, 0.1) is 12.4 Å². The van der Waals surface area contributed by atoms with Crippen molar-refractivity contribution >= 4 is 0 Å². The molecule has 0 aliphatic carbocycles. The molecule has 0 aromatic heterocycles. The lowest BCUT2D eigenvalue weighted by Crippen LogP contribution is -2.06. The first-order valence-corrected chi connectivity index (χ1v) is 8.22. The van der Waals surface area contributed by atoms with E-state index in [2.05, 4.69) is 13.0 Å². The van der Waals surface area contributed by atoms with Crippen molar-refractivity contribution in [2.75, 3.05) is 6.61 Å². The zero-order chi connectivity index (χ0) is 14.2. The third kappa shape index (κ3) is 17.5. The van der Waals surface area contributed by atoms with Crippen LogP contribution in [0.15, 0.2) is 12.3 Å². The Morgan fingerprint density at radius 1 is 0.895 bits per heavy atom. The van der Waals surface area contributed by atoms with E-state index in [-0.39, 0.29) is 6.10 Å². The summed E-state index contributed by atoms with van der Waals surface area (Å²) in [5.41, 5.74) is 0. The number of aliphatic hydroxyl groups excluding tert-OH is 1. The molecule has 114 valence electrons. The molecule has 0 radical (unpaired) electrons. The zero-order valence-corrected chi connectivity index (χ0v) is 13.1. The van der Waals surface area contributed by atoms with E-state index in [4.69, 9.17) is 9.84 Å². The molecule has 0 spiro atoms. The first-order chi connectivity index (χ1) is 9.27. The zero-order valence-electron chi connectivity index (χ0n) is 13.1. The topological polar surface area (TPSA) is 29.5 Å². The number of unbranched alkanes of at least 4 members (excludes halogenated alkanes) is 10. The van der Waals surface area contributed by atoms with Crippen LogP contribution in [0, 0.1) is 0 Å². The van der Waals surface area contributed by atoms with Crippen LogP contribution in [0.4, 0.5) is 0 Å². The number of aliphatic hydroxyl groups is 1. The third-order valence-corrected chi connectivity index (χ3v) is 3.25. The summed E-state index contributed by atoms with van der Waals surface area (Å²) in [6.45, 7) is 4.40. The Balaban J connectivity index is 3.02. The summed E-state index contributed by atoms with van der Waals surface area (Å²) < 4.78 is 5.16. The molecular formula is C17H34O2. The van der Waals surface area contributed by atoms with E-state index in [0.717, 1.165) is 6.42 Å². The Kier molecular flexibility index (Phi) is 15.1. The highest BCUT2D eigenvalue weighted by Crippen LogP contribution is 2.11. The summed E-state index contributed by atoms with van der Waals surface area (Å²) in [5, 5.41) is 8.98. The second kappa shape index (κ2) is 15.6. The van der Waals surface area contributed by atoms with E-state index >= 15 is 0 Å². The third-order valence-electron chi connectivity index (χ3n) is 3.25. The Morgan fingerprint density at radius 2 is 1.42 bits per heavy atom. The molecule has 19 heavy (non-hydrogen) atoms. The van der Waals surface area contributed by atoms with E-state index in [1.54, 1.807) is 13.2 Å². The summed E-state index contributed by atoms with van der Waals surface area (Å²) in [5.74, 6) is 0. The van der Waals surface area contributed by atoms with Gasteiger partial charge >= 0.3 is 0 Å². The molecule has 0 aromatic carbocycles. The minimum atomic E-state index is -0.373. The first kappa shape index (κ1) is 18.5. The van der Waals surface area contributed by atoms with Gasteiger partial charge in [0.1, 0.15) is 6.61 Å². The molecule has 0 saturated heterocycles. The molecule has 0 aliphatic rings. The maximum absolute atomic E-state index is 8.98. The number of hydrogen-bond donors (Lipinski definition) is 1. The van der Waals surface area contributed by atoms with Crippen molar-refractivity contribution in [1.29, 1.82) is 0 Å². The summed E-state index contributed by atoms with van der Waals surface area (Å²) in [6, 6.07) is 0. The van der Waals surface area contributed by atoms with Gasteiger partial charge < -0.3 is 9.84 Å². The lowest BCUT2D eigenvalue weighted by atomic mass is 10.1. The quantitative estimate of drug-likeness (QED) is 0.347. The average molecular weight is 270 g/mol. The van der Waals surface area contributed by atoms with Crippen LogP contribution < -0.4 is 0 Å². The molecule has 0 aliphatic heterocycles. The Morgan fingerprint density at radius 3 is 1.95 bits per heavy atom. The molecule has 2 heteroatoms. The molecule has 0 aromatic rings. The Hall–Kier alpha value is -0.500. The van der Waals surface area contributed by atoms with Crippen LogP contribution >= 0.6 is 0 Å². The van der Waals surface area contributed by atoms with Crippen LogP contribution in [0.3, 0.4) is 0 Å². The van der Waals surface area contributed by atoms with Gasteiger partial charge in [-0.15, -0.1) is 0 Å². The SMILES string of the molecule is CCCCCCCCCCCCC=COCC(C)O. The lowest BCUT2D eigenvalue weighted by Gasteiger charge is -2.02. The predicted octanol–water partition coefficient (Wildman–Crippen LogP) is 5.21. The standard InChI is InChI=1S/C17H34O2/c1-3-4-5-6-7-8-9-10-11-12-13-14-15-19-16-17(2)18/h14-15,17-18H,3-13,16H2,1-2H3. The van der Waals surface area contributed by atoms with Gasteiger partial charge in [0.2, 0.25) is 0 Å². The van der Waals surface area contributed by atoms with Crippen molar-refractivity contribution < 1.29 is 9.84 Å². The molecule has 1 atom stereocenters. The molecule has 0 amide bonds. The van der Waals surface area contributed by atoms with E-state index in [0.29, 0.717) is 6.61 Å². The van der Waals surface area contributed by atoms with Gasteiger partial charge in [-0.3, -0.25) is 0 Å². The molecule has 0 heterocycles. The fourth-order valence-corrected chi connectivity index (χ4v) is 2.08. The first-order valence-electron chi connectivity index (χ1n) is 8.22. The second-order valence-corrected chi connectivity index (χ2v) is 5.52. The highest BCUT2D eigenvalue weighted by atomic mass is 16.5. The van der Waals surface area contributed by atoms with Crippen molar-refractivity contribution in [3.05, 3.63) is 12.3 Å². The summed E-state index contributed by atoms with van der Waals surface area (Å²) >= 11 is 0. The highest BCUT2D eigenvalue weighted by molar-refractivity contribution is 4.73. The van der Waals surface area contributed by atoms with Crippen LogP contribution in [0.5, 0.6) is 0 Å². The average Bonchev–Trinajstić information content (AvgIpc) is 2.39. The largest absolute Gasteiger partial charge is 0.499 e. The lowest BCUT2D eigenvalue weighted by molar-refractivity contribution is 0.0973. The van der Waals surface area contributed by atoms with Gasteiger partial charge in [0, 0.05) is 0 Å². The fraction of sp³-hybridized carbons (Fsp3) is 0.882. The highest BCUT2D eigenvalue weighted by Gasteiger charge is 1.93. The van der Waals surface area contributed by atoms with Gasteiger partial charge in [-0.05, 0) is 25.8 Å². The van der Waals surface area contributed by atoms with E-state index < -0.39 is 0 Å². The molecule has 1 N–H and O–H groups in total. The van der Waals surface area contributed by atoms with E-state index in [9.17, 15) is 0 Å². The van der Waals surface area contributed by atoms with Crippen LogP contribution in [0.25, 0.3) is 0 Å². The number of allylic oxidation sites excluding steroid dienone is 1. The monoisotopic (exact) mass is 270 g/mol.